The van der Waals surface area contributed by atoms with Gasteiger partial charge in [0.05, 0.1) is 13.5 Å². The number of benzene rings is 3. The first-order chi connectivity index (χ1) is 13.1. The van der Waals surface area contributed by atoms with Gasteiger partial charge in [0.15, 0.2) is 5.78 Å². The molecule has 138 valence electrons. The number of methoxy groups -OCH3 is 1. The molecule has 4 nitrogen and oxygen atoms in total. The minimum atomic E-state index is -0.0882. The van der Waals surface area contributed by atoms with Gasteiger partial charge in [-0.05, 0) is 47.9 Å². The molecule has 0 saturated carbocycles. The van der Waals surface area contributed by atoms with Gasteiger partial charge in [0, 0.05) is 17.7 Å². The third kappa shape index (κ3) is 4.73. The van der Waals surface area contributed by atoms with Crippen LogP contribution in [0.15, 0.2) is 60.7 Å². The summed E-state index contributed by atoms with van der Waals surface area (Å²) in [6.45, 7) is 2.07. The molecule has 0 radical (unpaired) electrons. The van der Waals surface area contributed by atoms with Crippen LogP contribution in [-0.2, 0) is 17.6 Å². The van der Waals surface area contributed by atoms with Crippen molar-refractivity contribution >= 4 is 22.5 Å². The summed E-state index contributed by atoms with van der Waals surface area (Å²) in [7, 11) is 1.56. The van der Waals surface area contributed by atoms with Crippen molar-refractivity contribution in [2.75, 3.05) is 13.7 Å². The Morgan fingerprint density at radius 2 is 1.74 bits per heavy atom. The number of carbonyl (C=O) groups is 2. The van der Waals surface area contributed by atoms with Crippen molar-refractivity contribution in [3.8, 4) is 5.75 Å². The standard InChI is InChI=1S/C23H23NO3/c1-16(25)19-9-10-22(27-2)21(14-19)15-23(26)24-12-11-17-7-8-18-5-3-4-6-20(18)13-17/h3-10,13-14H,11-12,15H2,1-2H3,(H,24,26). The minimum absolute atomic E-state index is 0.0318. The van der Waals surface area contributed by atoms with Crippen LogP contribution in [0.3, 0.4) is 0 Å². The average Bonchev–Trinajstić information content (AvgIpc) is 2.67. The molecule has 1 amide bonds. The van der Waals surface area contributed by atoms with Crippen molar-refractivity contribution in [1.82, 2.24) is 5.32 Å². The summed E-state index contributed by atoms with van der Waals surface area (Å²) >= 11 is 0. The van der Waals surface area contributed by atoms with Gasteiger partial charge in [-0.15, -0.1) is 0 Å². The second-order valence-corrected chi connectivity index (χ2v) is 6.54. The second kappa shape index (κ2) is 8.49. The second-order valence-electron chi connectivity index (χ2n) is 6.54. The molecule has 0 aliphatic rings. The molecular weight excluding hydrogens is 338 g/mol. The average molecular weight is 361 g/mol. The van der Waals surface area contributed by atoms with Crippen LogP contribution in [0, 0.1) is 0 Å². The number of nitrogens with one attached hydrogen (secondary N) is 1. The number of carbonyl (C=O) groups excluding carboxylic acids is 2. The van der Waals surface area contributed by atoms with E-state index in [4.69, 9.17) is 4.74 Å². The maximum atomic E-state index is 12.3. The summed E-state index contributed by atoms with van der Waals surface area (Å²) in [6, 6.07) is 19.7. The molecule has 0 aromatic heterocycles. The topological polar surface area (TPSA) is 55.4 Å². The van der Waals surface area contributed by atoms with Gasteiger partial charge in [-0.3, -0.25) is 9.59 Å². The Kier molecular flexibility index (Phi) is 5.87. The Balaban J connectivity index is 1.59. The summed E-state index contributed by atoms with van der Waals surface area (Å²) in [5, 5.41) is 5.36. The SMILES string of the molecule is COc1ccc(C(C)=O)cc1CC(=O)NCCc1ccc2ccccc2c1. The molecular formula is C23H23NO3. The molecule has 0 heterocycles. The van der Waals surface area contributed by atoms with Gasteiger partial charge < -0.3 is 10.1 Å². The van der Waals surface area contributed by atoms with Crippen molar-refractivity contribution in [3.05, 3.63) is 77.4 Å². The highest BCUT2D eigenvalue weighted by atomic mass is 16.5. The predicted octanol–water partition coefficient (Wildman–Crippen LogP) is 3.95. The van der Waals surface area contributed by atoms with Gasteiger partial charge in [0.2, 0.25) is 5.91 Å². The van der Waals surface area contributed by atoms with E-state index in [-0.39, 0.29) is 18.1 Å². The Morgan fingerprint density at radius 1 is 0.963 bits per heavy atom. The summed E-state index contributed by atoms with van der Waals surface area (Å²) in [5.74, 6) is 0.495. The van der Waals surface area contributed by atoms with Crippen LogP contribution >= 0.6 is 0 Å². The summed E-state index contributed by atoms with van der Waals surface area (Å²) < 4.78 is 5.30. The lowest BCUT2D eigenvalue weighted by Gasteiger charge is -2.11. The van der Waals surface area contributed by atoms with Crippen molar-refractivity contribution in [3.63, 3.8) is 0 Å². The van der Waals surface area contributed by atoms with Crippen LogP contribution in [-0.4, -0.2) is 25.3 Å². The Morgan fingerprint density at radius 3 is 2.48 bits per heavy atom. The zero-order valence-electron chi connectivity index (χ0n) is 15.6. The molecule has 0 unspecified atom stereocenters. The van der Waals surface area contributed by atoms with Crippen molar-refractivity contribution in [1.29, 1.82) is 0 Å². The molecule has 0 atom stereocenters. The number of rotatable bonds is 7. The Hall–Kier alpha value is -3.14. The highest BCUT2D eigenvalue weighted by Crippen LogP contribution is 2.21. The highest BCUT2D eigenvalue weighted by molar-refractivity contribution is 5.94. The van der Waals surface area contributed by atoms with Crippen LogP contribution in [0.4, 0.5) is 0 Å². The third-order valence-electron chi connectivity index (χ3n) is 4.59. The summed E-state index contributed by atoms with van der Waals surface area (Å²) in [4.78, 5) is 23.9. The number of ether oxygens (including phenoxy) is 1. The van der Waals surface area contributed by atoms with Crippen molar-refractivity contribution in [2.45, 2.75) is 19.8 Å². The fraction of sp³-hybridized carbons (Fsp3) is 0.217. The number of hydrogen-bond acceptors (Lipinski definition) is 3. The quantitative estimate of drug-likeness (QED) is 0.648. The maximum absolute atomic E-state index is 12.3. The zero-order valence-corrected chi connectivity index (χ0v) is 15.6. The van der Waals surface area contributed by atoms with E-state index in [0.29, 0.717) is 23.4 Å². The number of hydrogen-bond donors (Lipinski definition) is 1. The molecule has 3 rings (SSSR count). The molecule has 0 spiro atoms. The lowest BCUT2D eigenvalue weighted by molar-refractivity contribution is -0.120. The van der Waals surface area contributed by atoms with E-state index in [1.165, 1.54) is 23.3 Å². The van der Waals surface area contributed by atoms with E-state index < -0.39 is 0 Å². The number of ketones is 1. The maximum Gasteiger partial charge on any atom is 0.224 e. The van der Waals surface area contributed by atoms with E-state index in [9.17, 15) is 9.59 Å². The molecule has 0 bridgehead atoms. The first-order valence-electron chi connectivity index (χ1n) is 8.99. The molecule has 0 saturated heterocycles. The smallest absolute Gasteiger partial charge is 0.224 e. The van der Waals surface area contributed by atoms with Crippen molar-refractivity contribution in [2.24, 2.45) is 0 Å². The van der Waals surface area contributed by atoms with E-state index in [2.05, 4.69) is 35.6 Å². The molecule has 1 N–H and O–H groups in total. The first-order valence-corrected chi connectivity index (χ1v) is 8.99. The first kappa shape index (κ1) is 18.6. The van der Waals surface area contributed by atoms with Crippen molar-refractivity contribution < 1.29 is 14.3 Å². The molecule has 4 heteroatoms. The fourth-order valence-corrected chi connectivity index (χ4v) is 3.11. The molecule has 0 aliphatic heterocycles. The molecule has 3 aromatic carbocycles. The van der Waals surface area contributed by atoms with Gasteiger partial charge in [-0.1, -0.05) is 42.5 Å². The number of fused-ring (bicyclic) bond motifs is 1. The van der Waals surface area contributed by atoms with Crippen LogP contribution < -0.4 is 10.1 Å². The van der Waals surface area contributed by atoms with Crippen LogP contribution in [0.2, 0.25) is 0 Å². The van der Waals surface area contributed by atoms with Crippen LogP contribution in [0.1, 0.15) is 28.4 Å². The lowest BCUT2D eigenvalue weighted by Crippen LogP contribution is -2.27. The van der Waals surface area contributed by atoms with E-state index >= 15 is 0 Å². The normalized spacial score (nSPS) is 10.6. The van der Waals surface area contributed by atoms with E-state index in [1.807, 2.05) is 12.1 Å². The molecule has 3 aromatic rings. The zero-order chi connectivity index (χ0) is 19.2. The number of amides is 1. The van der Waals surface area contributed by atoms with E-state index in [0.717, 1.165) is 6.42 Å². The van der Waals surface area contributed by atoms with E-state index in [1.54, 1.807) is 25.3 Å². The monoisotopic (exact) mass is 361 g/mol. The van der Waals surface area contributed by atoms with Gasteiger partial charge in [0.25, 0.3) is 0 Å². The van der Waals surface area contributed by atoms with Crippen LogP contribution in [0.25, 0.3) is 10.8 Å². The van der Waals surface area contributed by atoms with Gasteiger partial charge >= 0.3 is 0 Å². The van der Waals surface area contributed by atoms with Gasteiger partial charge in [-0.25, -0.2) is 0 Å². The largest absolute Gasteiger partial charge is 0.496 e. The lowest BCUT2D eigenvalue weighted by atomic mass is 10.0. The Labute approximate surface area is 159 Å². The summed E-state index contributed by atoms with van der Waals surface area (Å²) in [6.07, 6.45) is 0.948. The predicted molar refractivity (Wildman–Crippen MR) is 107 cm³/mol. The molecule has 0 aliphatic carbocycles. The Bertz CT molecular complexity index is 978. The molecule has 0 fully saturated rings. The number of Topliss-reactive ketones (excluding diaryl/α,β-unsaturated/α-hetero) is 1. The third-order valence-corrected chi connectivity index (χ3v) is 4.59. The van der Waals surface area contributed by atoms with Gasteiger partial charge in [-0.2, -0.15) is 0 Å². The highest BCUT2D eigenvalue weighted by Gasteiger charge is 2.11. The minimum Gasteiger partial charge on any atom is -0.496 e. The van der Waals surface area contributed by atoms with Crippen LogP contribution in [0.5, 0.6) is 5.75 Å². The summed E-state index contributed by atoms with van der Waals surface area (Å²) in [5.41, 5.74) is 2.48. The fourth-order valence-electron chi connectivity index (χ4n) is 3.11. The van der Waals surface area contributed by atoms with Gasteiger partial charge in [0.1, 0.15) is 5.75 Å². The molecule has 27 heavy (non-hydrogen) atoms.